The van der Waals surface area contributed by atoms with E-state index < -0.39 is 0 Å². The van der Waals surface area contributed by atoms with Crippen molar-refractivity contribution in [3.8, 4) is 0 Å². The minimum Gasteiger partial charge on any atom is -0.394 e. The quantitative estimate of drug-likeness (QED) is 0.653. The molecule has 0 amide bonds. The average molecular weight is 217 g/mol. The molecule has 90 valence electrons. The van der Waals surface area contributed by atoms with Gasteiger partial charge in [0.1, 0.15) is 0 Å². The van der Waals surface area contributed by atoms with Gasteiger partial charge in [0.25, 0.3) is 0 Å². The summed E-state index contributed by atoms with van der Waals surface area (Å²) in [6, 6.07) is 0. The minimum absolute atomic E-state index is 0.0978. The second kappa shape index (κ2) is 6.43. The number of aliphatic hydroxyl groups is 1. The number of hydrogen-bond donors (Lipinski definition) is 2. The zero-order valence-corrected chi connectivity index (χ0v) is 9.79. The molecule has 0 bridgehead atoms. The monoisotopic (exact) mass is 217 g/mol. The zero-order chi connectivity index (χ0) is 11.1. The van der Waals surface area contributed by atoms with E-state index in [1.165, 1.54) is 0 Å². The van der Waals surface area contributed by atoms with Gasteiger partial charge in [-0.1, -0.05) is 6.92 Å². The molecule has 0 saturated carbocycles. The predicted octanol–water partition coefficient (Wildman–Crippen LogP) is 0.542. The molecule has 1 aliphatic rings. The summed E-state index contributed by atoms with van der Waals surface area (Å²) < 4.78 is 10.9. The molecule has 0 radical (unpaired) electrons. The van der Waals surface area contributed by atoms with E-state index >= 15 is 0 Å². The fraction of sp³-hybridized carbons (Fsp3) is 1.00. The van der Waals surface area contributed by atoms with Crippen molar-refractivity contribution in [2.75, 3.05) is 33.0 Å². The molecular weight excluding hydrogens is 194 g/mol. The van der Waals surface area contributed by atoms with Crippen LogP contribution in [0.5, 0.6) is 0 Å². The second-order valence-electron chi connectivity index (χ2n) is 4.44. The van der Waals surface area contributed by atoms with E-state index in [1.54, 1.807) is 0 Å². The standard InChI is InChI=1S/C11H23NO3/c1-3-5-12-11(2,8-13)9-15-10-4-6-14-7-10/h10,12-13H,3-9H2,1-2H3. The van der Waals surface area contributed by atoms with E-state index in [2.05, 4.69) is 12.2 Å². The van der Waals surface area contributed by atoms with Crippen LogP contribution in [-0.2, 0) is 9.47 Å². The lowest BCUT2D eigenvalue weighted by Gasteiger charge is -2.29. The zero-order valence-electron chi connectivity index (χ0n) is 9.79. The van der Waals surface area contributed by atoms with Crippen molar-refractivity contribution in [1.82, 2.24) is 5.32 Å². The van der Waals surface area contributed by atoms with Crippen LogP contribution >= 0.6 is 0 Å². The third-order valence-corrected chi connectivity index (χ3v) is 2.68. The summed E-state index contributed by atoms with van der Waals surface area (Å²) in [6.45, 7) is 7.12. The lowest BCUT2D eigenvalue weighted by molar-refractivity contribution is -0.00701. The van der Waals surface area contributed by atoms with E-state index in [0.717, 1.165) is 26.0 Å². The number of hydrogen-bond acceptors (Lipinski definition) is 4. The highest BCUT2D eigenvalue weighted by molar-refractivity contribution is 4.82. The van der Waals surface area contributed by atoms with Gasteiger partial charge in [-0.2, -0.15) is 0 Å². The highest BCUT2D eigenvalue weighted by atomic mass is 16.5. The second-order valence-corrected chi connectivity index (χ2v) is 4.44. The molecule has 2 unspecified atom stereocenters. The average Bonchev–Trinajstić information content (AvgIpc) is 2.76. The summed E-state index contributed by atoms with van der Waals surface area (Å²) in [7, 11) is 0. The lowest BCUT2D eigenvalue weighted by atomic mass is 10.1. The number of ether oxygens (including phenoxy) is 2. The van der Waals surface area contributed by atoms with E-state index in [-0.39, 0.29) is 18.2 Å². The van der Waals surface area contributed by atoms with Crippen LogP contribution in [0.4, 0.5) is 0 Å². The molecule has 0 aromatic heterocycles. The van der Waals surface area contributed by atoms with Crippen LogP contribution < -0.4 is 5.32 Å². The molecular formula is C11H23NO3. The van der Waals surface area contributed by atoms with Crippen LogP contribution in [0.1, 0.15) is 26.7 Å². The normalized spacial score (nSPS) is 25.4. The van der Waals surface area contributed by atoms with Crippen molar-refractivity contribution in [1.29, 1.82) is 0 Å². The Morgan fingerprint density at radius 1 is 1.60 bits per heavy atom. The van der Waals surface area contributed by atoms with E-state index in [0.29, 0.717) is 13.2 Å². The first-order valence-corrected chi connectivity index (χ1v) is 5.75. The summed E-state index contributed by atoms with van der Waals surface area (Å²) in [5.74, 6) is 0. The first-order valence-electron chi connectivity index (χ1n) is 5.75. The molecule has 1 aliphatic heterocycles. The molecule has 2 atom stereocenters. The van der Waals surface area contributed by atoms with E-state index in [9.17, 15) is 5.11 Å². The van der Waals surface area contributed by atoms with Gasteiger partial charge in [0.15, 0.2) is 0 Å². The molecule has 1 saturated heterocycles. The Morgan fingerprint density at radius 3 is 2.93 bits per heavy atom. The van der Waals surface area contributed by atoms with Crippen molar-refractivity contribution >= 4 is 0 Å². The Balaban J connectivity index is 2.24. The molecule has 1 heterocycles. The maximum absolute atomic E-state index is 9.31. The fourth-order valence-electron chi connectivity index (χ4n) is 1.53. The van der Waals surface area contributed by atoms with Crippen LogP contribution in [0.15, 0.2) is 0 Å². The Bertz CT molecular complexity index is 171. The van der Waals surface area contributed by atoms with Gasteiger partial charge in [-0.25, -0.2) is 0 Å². The first kappa shape index (κ1) is 12.9. The topological polar surface area (TPSA) is 50.7 Å². The number of aliphatic hydroxyl groups excluding tert-OH is 1. The Morgan fingerprint density at radius 2 is 2.40 bits per heavy atom. The van der Waals surface area contributed by atoms with E-state index in [1.807, 2.05) is 6.92 Å². The summed E-state index contributed by atoms with van der Waals surface area (Å²) in [6.07, 6.45) is 2.23. The van der Waals surface area contributed by atoms with Crippen LogP contribution in [0, 0.1) is 0 Å². The highest BCUT2D eigenvalue weighted by Gasteiger charge is 2.25. The van der Waals surface area contributed by atoms with E-state index in [4.69, 9.17) is 9.47 Å². The van der Waals surface area contributed by atoms with Crippen LogP contribution in [-0.4, -0.2) is 49.7 Å². The van der Waals surface area contributed by atoms with Crippen LogP contribution in [0.3, 0.4) is 0 Å². The van der Waals surface area contributed by atoms with Gasteiger partial charge in [0, 0.05) is 6.61 Å². The Hall–Kier alpha value is -0.160. The predicted molar refractivity (Wildman–Crippen MR) is 59.0 cm³/mol. The van der Waals surface area contributed by atoms with Crippen molar-refractivity contribution in [3.63, 3.8) is 0 Å². The Kier molecular flexibility index (Phi) is 5.53. The highest BCUT2D eigenvalue weighted by Crippen LogP contribution is 2.12. The number of rotatable bonds is 7. The molecule has 0 aliphatic carbocycles. The molecule has 15 heavy (non-hydrogen) atoms. The van der Waals surface area contributed by atoms with Crippen molar-refractivity contribution in [2.45, 2.75) is 38.3 Å². The van der Waals surface area contributed by atoms with Gasteiger partial charge in [-0.3, -0.25) is 0 Å². The van der Waals surface area contributed by atoms with Gasteiger partial charge < -0.3 is 19.9 Å². The maximum Gasteiger partial charge on any atom is 0.0831 e. The lowest BCUT2D eigenvalue weighted by Crippen LogP contribution is -2.50. The summed E-state index contributed by atoms with van der Waals surface area (Å²) in [4.78, 5) is 0. The van der Waals surface area contributed by atoms with Gasteiger partial charge in [-0.15, -0.1) is 0 Å². The Labute approximate surface area is 92.0 Å². The van der Waals surface area contributed by atoms with Crippen LogP contribution in [0.25, 0.3) is 0 Å². The molecule has 0 aromatic rings. The van der Waals surface area contributed by atoms with Gasteiger partial charge in [-0.05, 0) is 26.3 Å². The van der Waals surface area contributed by atoms with Crippen molar-refractivity contribution in [3.05, 3.63) is 0 Å². The van der Waals surface area contributed by atoms with Gasteiger partial charge in [0.05, 0.1) is 31.5 Å². The molecule has 1 rings (SSSR count). The van der Waals surface area contributed by atoms with Gasteiger partial charge >= 0.3 is 0 Å². The largest absolute Gasteiger partial charge is 0.394 e. The van der Waals surface area contributed by atoms with Gasteiger partial charge in [0.2, 0.25) is 0 Å². The van der Waals surface area contributed by atoms with Crippen molar-refractivity contribution < 1.29 is 14.6 Å². The minimum atomic E-state index is -0.321. The molecule has 0 aromatic carbocycles. The smallest absolute Gasteiger partial charge is 0.0831 e. The fourth-order valence-corrected chi connectivity index (χ4v) is 1.53. The first-order chi connectivity index (χ1) is 7.20. The summed E-state index contributed by atoms with van der Waals surface area (Å²) in [5.41, 5.74) is -0.321. The summed E-state index contributed by atoms with van der Waals surface area (Å²) in [5, 5.41) is 12.6. The summed E-state index contributed by atoms with van der Waals surface area (Å²) >= 11 is 0. The van der Waals surface area contributed by atoms with Crippen molar-refractivity contribution in [2.24, 2.45) is 0 Å². The molecule has 0 spiro atoms. The third kappa shape index (κ3) is 4.47. The number of nitrogens with one attached hydrogen (secondary N) is 1. The molecule has 1 fully saturated rings. The molecule has 4 nitrogen and oxygen atoms in total. The van der Waals surface area contributed by atoms with Crippen LogP contribution in [0.2, 0.25) is 0 Å². The third-order valence-electron chi connectivity index (χ3n) is 2.68. The molecule has 4 heteroatoms. The SMILES string of the molecule is CCCNC(C)(CO)COC1CCOC1. The molecule has 2 N–H and O–H groups in total. The maximum atomic E-state index is 9.31.